The van der Waals surface area contributed by atoms with Crippen molar-refractivity contribution in [1.82, 2.24) is 54.4 Å². The number of imidazole rings is 1. The van der Waals surface area contributed by atoms with Gasteiger partial charge in [-0.3, -0.25) is 34.5 Å². The van der Waals surface area contributed by atoms with Crippen LogP contribution in [0, 0.1) is 0 Å². The van der Waals surface area contributed by atoms with Crippen LogP contribution in [0.5, 0.6) is 0 Å². The molecular weight excluding hydrogens is 1240 g/mol. The minimum Gasteiger partial charge on any atom is -0.455 e. The van der Waals surface area contributed by atoms with Gasteiger partial charge in [-0.2, -0.15) is 0 Å². The fourth-order valence-corrected chi connectivity index (χ4v) is 13.5. The van der Waals surface area contributed by atoms with Crippen molar-refractivity contribution in [1.29, 1.82) is 0 Å². The molecule has 0 unspecified atom stereocenters. The van der Waals surface area contributed by atoms with Crippen molar-refractivity contribution in [3.8, 4) is 130 Å². The fourth-order valence-electron chi connectivity index (χ4n) is 13.5. The van der Waals surface area contributed by atoms with Gasteiger partial charge in [0.05, 0.1) is 67.0 Å². The molecule has 12 heterocycles. The van der Waals surface area contributed by atoms with Gasteiger partial charge in [-0.25, -0.2) is 19.9 Å². The zero-order chi connectivity index (χ0) is 67.0. The van der Waals surface area contributed by atoms with E-state index in [1.54, 1.807) is 37.2 Å². The molecule has 12 aromatic heterocycles. The fraction of sp³-hybridized carbons (Fsp3) is 0. The lowest BCUT2D eigenvalue weighted by Crippen LogP contribution is -1.97. The molecule has 19 rings (SSSR count). The van der Waals surface area contributed by atoms with Crippen molar-refractivity contribution in [3.05, 3.63) is 335 Å². The molecule has 0 atom stereocenters. The molecule has 0 saturated carbocycles. The maximum atomic E-state index is 6.82. The molecule has 0 aliphatic carbocycles. The van der Waals surface area contributed by atoms with Crippen LogP contribution >= 0.6 is 0 Å². The second-order valence-corrected chi connectivity index (χ2v) is 24.3. The van der Waals surface area contributed by atoms with E-state index in [1.807, 2.05) is 152 Å². The average Bonchev–Trinajstić information content (AvgIpc) is 1.57. The minimum absolute atomic E-state index is 0.730. The number of hydrogen-bond acceptors (Lipinski definition) is 12. The summed E-state index contributed by atoms with van der Waals surface area (Å²) in [6, 6.07) is 92.5. The highest BCUT2D eigenvalue weighted by molar-refractivity contribution is 6.18. The standard InChI is InChI=1S/C46H29N5O.C42H26N6O/c1-2-8-36(9-3-1)51-40-13-7-6-12-39(40)50-46(51)35-20-16-31(17-21-35)30-14-18-33(19-15-30)43-42-41(32-22-26-47-27-23-32)44(34-24-28-48-29-25-34)52-45(42)37-10-4-5-11-38(37)49-43;1-2-12-33-32(11-1)42-39(38(29-9-7-19-43-25-29)41(49-42)30-10-8-20-44-26-30)40(48-33)28-17-15-27(16-18-28)31-23-36(34-13-3-5-21-45-34)47-37(24-31)35-14-4-6-22-46-35/h1-29H;1-26H. The number of hydrogen-bond donors (Lipinski definition) is 0. The zero-order valence-corrected chi connectivity index (χ0v) is 54.0. The quantitative estimate of drug-likeness (QED) is 0.114. The summed E-state index contributed by atoms with van der Waals surface area (Å²) in [6.07, 6.45) is 18.0. The lowest BCUT2D eigenvalue weighted by Gasteiger charge is -2.11. The summed E-state index contributed by atoms with van der Waals surface area (Å²) in [4.78, 5) is 47.1. The molecule has 0 radical (unpaired) electrons. The van der Waals surface area contributed by atoms with E-state index in [4.69, 9.17) is 28.8 Å². The van der Waals surface area contributed by atoms with E-state index in [-0.39, 0.29) is 0 Å². The molecule has 0 N–H and O–H groups in total. The first kappa shape index (κ1) is 59.5. The van der Waals surface area contributed by atoms with E-state index in [0.717, 1.165) is 184 Å². The molecule has 13 nitrogen and oxygen atoms in total. The van der Waals surface area contributed by atoms with Crippen LogP contribution in [-0.4, -0.2) is 54.4 Å². The Bertz CT molecular complexity index is 6140. The number of para-hydroxylation sites is 5. The second-order valence-electron chi connectivity index (χ2n) is 24.3. The van der Waals surface area contributed by atoms with Crippen LogP contribution in [0.15, 0.2) is 344 Å². The highest BCUT2D eigenvalue weighted by Crippen LogP contribution is 2.49. The first-order chi connectivity index (χ1) is 50.1. The largest absolute Gasteiger partial charge is 0.455 e. The smallest absolute Gasteiger partial charge is 0.147 e. The Morgan fingerprint density at radius 3 is 1.26 bits per heavy atom. The van der Waals surface area contributed by atoms with Gasteiger partial charge in [0.1, 0.15) is 28.5 Å². The molecule has 13 heteroatoms. The van der Waals surface area contributed by atoms with Gasteiger partial charge in [0.2, 0.25) is 0 Å². The molecule has 0 spiro atoms. The van der Waals surface area contributed by atoms with E-state index < -0.39 is 0 Å². The van der Waals surface area contributed by atoms with Crippen LogP contribution in [0.1, 0.15) is 0 Å². The molecule has 7 aromatic carbocycles. The average molecular weight is 1300 g/mol. The predicted octanol–water partition coefficient (Wildman–Crippen LogP) is 21.4. The van der Waals surface area contributed by atoms with E-state index in [9.17, 15) is 0 Å². The Morgan fingerprint density at radius 1 is 0.267 bits per heavy atom. The van der Waals surface area contributed by atoms with Crippen molar-refractivity contribution in [3.63, 3.8) is 0 Å². The predicted molar refractivity (Wildman–Crippen MR) is 402 cm³/mol. The lowest BCUT2D eigenvalue weighted by atomic mass is 9.95. The number of aromatic nitrogens is 11. The van der Waals surface area contributed by atoms with Gasteiger partial charge in [-0.05, 0) is 155 Å². The molecular formula is C88H55N11O2. The molecule has 0 bridgehead atoms. The molecule has 101 heavy (non-hydrogen) atoms. The first-order valence-electron chi connectivity index (χ1n) is 33.1. The number of fused-ring (bicyclic) bond motifs is 7. The third-order valence-electron chi connectivity index (χ3n) is 18.2. The normalized spacial score (nSPS) is 11.4. The Labute approximate surface area is 579 Å². The molecule has 0 amide bonds. The first-order valence-corrected chi connectivity index (χ1v) is 33.1. The number of pyridine rings is 9. The number of rotatable bonds is 12. The SMILES string of the molecule is c1ccc(-c2cc(-c3ccc(-c4nc5ccccc5c5oc(-c6cccnc6)c(-c6cccnc6)c45)cc3)cc(-c3ccccn3)n2)nc1.c1ccc(-n2c(-c3ccc(-c4ccc(-c5nc6ccccc6c6oc(-c7ccncc7)c(-c7ccncc7)c56)cc4)cc3)nc3ccccc32)cc1. The van der Waals surface area contributed by atoms with Gasteiger partial charge in [0.25, 0.3) is 0 Å². The van der Waals surface area contributed by atoms with E-state index in [1.165, 1.54) is 0 Å². The molecule has 19 aromatic rings. The van der Waals surface area contributed by atoms with E-state index in [0.29, 0.717) is 0 Å². The van der Waals surface area contributed by atoms with Crippen LogP contribution in [0.3, 0.4) is 0 Å². The zero-order valence-electron chi connectivity index (χ0n) is 54.0. The minimum atomic E-state index is 0.730. The van der Waals surface area contributed by atoms with Gasteiger partial charge in [0.15, 0.2) is 0 Å². The Balaban J connectivity index is 0.000000145. The van der Waals surface area contributed by atoms with Crippen molar-refractivity contribution < 1.29 is 8.83 Å². The molecule has 0 fully saturated rings. The summed E-state index contributed by atoms with van der Waals surface area (Å²) in [5.74, 6) is 2.42. The summed E-state index contributed by atoms with van der Waals surface area (Å²) in [7, 11) is 0. The summed E-state index contributed by atoms with van der Waals surface area (Å²) in [6.45, 7) is 0. The highest BCUT2D eigenvalue weighted by Gasteiger charge is 2.27. The Hall–Kier alpha value is -14.0. The molecule has 474 valence electrons. The third kappa shape index (κ3) is 11.2. The van der Waals surface area contributed by atoms with Gasteiger partial charge in [-0.1, -0.05) is 146 Å². The lowest BCUT2D eigenvalue weighted by molar-refractivity contribution is 0.635. The third-order valence-corrected chi connectivity index (χ3v) is 18.2. The van der Waals surface area contributed by atoms with E-state index in [2.05, 4.69) is 180 Å². The second kappa shape index (κ2) is 25.8. The molecule has 0 saturated heterocycles. The maximum absolute atomic E-state index is 6.82. The van der Waals surface area contributed by atoms with Crippen molar-refractivity contribution in [2.24, 2.45) is 0 Å². The van der Waals surface area contributed by atoms with Crippen LogP contribution in [0.25, 0.3) is 184 Å². The Morgan fingerprint density at radius 2 is 0.723 bits per heavy atom. The summed E-state index contributed by atoms with van der Waals surface area (Å²) in [5.41, 5.74) is 24.3. The van der Waals surface area contributed by atoms with Crippen molar-refractivity contribution >= 4 is 54.8 Å². The number of nitrogens with zero attached hydrogens (tertiary/aromatic N) is 11. The van der Waals surface area contributed by atoms with Gasteiger partial charge >= 0.3 is 0 Å². The summed E-state index contributed by atoms with van der Waals surface area (Å²) >= 11 is 0. The maximum Gasteiger partial charge on any atom is 0.147 e. The molecule has 0 aliphatic rings. The molecule has 0 aliphatic heterocycles. The van der Waals surface area contributed by atoms with Crippen LogP contribution in [0.4, 0.5) is 0 Å². The monoisotopic (exact) mass is 1300 g/mol. The van der Waals surface area contributed by atoms with Crippen molar-refractivity contribution in [2.75, 3.05) is 0 Å². The topological polar surface area (TPSA) is 160 Å². The summed E-state index contributed by atoms with van der Waals surface area (Å²) < 4.78 is 15.8. The van der Waals surface area contributed by atoms with Crippen LogP contribution in [0.2, 0.25) is 0 Å². The summed E-state index contributed by atoms with van der Waals surface area (Å²) in [5, 5.41) is 3.81. The van der Waals surface area contributed by atoms with Gasteiger partial charge in [-0.15, -0.1) is 0 Å². The van der Waals surface area contributed by atoms with Crippen molar-refractivity contribution in [2.45, 2.75) is 0 Å². The van der Waals surface area contributed by atoms with Crippen LogP contribution in [-0.2, 0) is 0 Å². The number of benzene rings is 7. The highest BCUT2D eigenvalue weighted by atomic mass is 16.3. The van der Waals surface area contributed by atoms with Gasteiger partial charge < -0.3 is 8.83 Å². The van der Waals surface area contributed by atoms with E-state index >= 15 is 0 Å². The Kier molecular flexibility index (Phi) is 15.2. The van der Waals surface area contributed by atoms with Crippen LogP contribution < -0.4 is 0 Å². The van der Waals surface area contributed by atoms with Gasteiger partial charge in [0, 0.05) is 123 Å². The number of furan rings is 2.